The van der Waals surface area contributed by atoms with Crippen LogP contribution in [0.5, 0.6) is 0 Å². The lowest BCUT2D eigenvalue weighted by Gasteiger charge is -2.14. The smallest absolute Gasteiger partial charge is 0.223 e. The molecule has 0 radical (unpaired) electrons. The average molecular weight is 340 g/mol. The van der Waals surface area contributed by atoms with Crippen LogP contribution in [0.15, 0.2) is 30.5 Å². The second kappa shape index (κ2) is 8.28. The lowest BCUT2D eigenvalue weighted by molar-refractivity contribution is -0.125. The van der Waals surface area contributed by atoms with Gasteiger partial charge in [0.1, 0.15) is 0 Å². The summed E-state index contributed by atoms with van der Waals surface area (Å²) in [5, 5.41) is 7.86. The van der Waals surface area contributed by atoms with E-state index in [9.17, 15) is 4.79 Å². The van der Waals surface area contributed by atoms with Gasteiger partial charge in [0.2, 0.25) is 5.91 Å². The van der Waals surface area contributed by atoms with Crippen LogP contribution >= 0.6 is 0 Å². The van der Waals surface area contributed by atoms with Gasteiger partial charge in [-0.15, -0.1) is 0 Å². The number of hydrogen-bond donors (Lipinski definition) is 1. The number of carbonyl (C=O) groups excluding carboxylic acids is 1. The third-order valence-electron chi connectivity index (χ3n) is 5.18. The van der Waals surface area contributed by atoms with Crippen LogP contribution in [-0.4, -0.2) is 20.7 Å². The molecular formula is C20H28N4O. The first-order chi connectivity index (χ1) is 12.2. The van der Waals surface area contributed by atoms with Crippen molar-refractivity contribution in [2.24, 2.45) is 5.92 Å². The van der Waals surface area contributed by atoms with Gasteiger partial charge in [-0.1, -0.05) is 32.8 Å². The summed E-state index contributed by atoms with van der Waals surface area (Å²) in [5.41, 5.74) is 2.91. The van der Waals surface area contributed by atoms with Crippen LogP contribution in [0.3, 0.4) is 0 Å². The first-order valence-electron chi connectivity index (χ1n) is 9.50. The van der Waals surface area contributed by atoms with Crippen LogP contribution < -0.4 is 5.32 Å². The summed E-state index contributed by atoms with van der Waals surface area (Å²) >= 11 is 0. The molecule has 1 aliphatic rings. The number of amides is 1. The van der Waals surface area contributed by atoms with Crippen LogP contribution in [0.2, 0.25) is 0 Å². The van der Waals surface area contributed by atoms with Gasteiger partial charge in [-0.25, -0.2) is 0 Å². The fourth-order valence-corrected chi connectivity index (χ4v) is 3.65. The van der Waals surface area contributed by atoms with Crippen molar-refractivity contribution in [3.8, 4) is 11.4 Å². The second-order valence-electron chi connectivity index (χ2n) is 6.85. The Morgan fingerprint density at radius 3 is 2.68 bits per heavy atom. The topological polar surface area (TPSA) is 59.8 Å². The highest BCUT2D eigenvalue weighted by atomic mass is 16.1. The highest BCUT2D eigenvalue weighted by Crippen LogP contribution is 2.33. The van der Waals surface area contributed by atoms with E-state index in [0.717, 1.165) is 29.9 Å². The van der Waals surface area contributed by atoms with Gasteiger partial charge in [0.25, 0.3) is 0 Å². The Labute approximate surface area is 149 Å². The predicted octanol–water partition coefficient (Wildman–Crippen LogP) is 4.11. The van der Waals surface area contributed by atoms with Gasteiger partial charge in [0.05, 0.1) is 29.7 Å². The van der Waals surface area contributed by atoms with Gasteiger partial charge in [0, 0.05) is 12.1 Å². The van der Waals surface area contributed by atoms with Crippen LogP contribution in [0.25, 0.3) is 11.4 Å². The van der Waals surface area contributed by atoms with E-state index in [1.807, 2.05) is 24.4 Å². The minimum Gasteiger partial charge on any atom is -0.350 e. The quantitative estimate of drug-likeness (QED) is 0.825. The second-order valence-corrected chi connectivity index (χ2v) is 6.85. The lowest BCUT2D eigenvalue weighted by Crippen LogP contribution is -2.29. The number of hydrogen-bond acceptors (Lipinski definition) is 3. The third kappa shape index (κ3) is 4.09. The van der Waals surface area contributed by atoms with Gasteiger partial charge >= 0.3 is 0 Å². The average Bonchev–Trinajstić information content (AvgIpc) is 3.31. The van der Waals surface area contributed by atoms with Gasteiger partial charge in [0.15, 0.2) is 0 Å². The van der Waals surface area contributed by atoms with Crippen molar-refractivity contribution < 1.29 is 4.79 Å². The number of nitrogens with zero attached hydrogens (tertiary/aromatic N) is 3. The van der Waals surface area contributed by atoms with E-state index in [1.54, 1.807) is 0 Å². The van der Waals surface area contributed by atoms with Crippen molar-refractivity contribution in [2.45, 2.75) is 65.0 Å². The zero-order valence-electron chi connectivity index (χ0n) is 15.2. The molecule has 0 aliphatic heterocycles. The summed E-state index contributed by atoms with van der Waals surface area (Å²) < 4.78 is 2.13. The zero-order chi connectivity index (χ0) is 17.6. The highest BCUT2D eigenvalue weighted by molar-refractivity contribution is 5.78. The lowest BCUT2D eigenvalue weighted by atomic mass is 10.0. The Balaban J connectivity index is 1.80. The minimum atomic E-state index is 0.0900. The van der Waals surface area contributed by atoms with Crippen LogP contribution in [0.4, 0.5) is 0 Å². The molecule has 0 atom stereocenters. The predicted molar refractivity (Wildman–Crippen MR) is 98.9 cm³/mol. The Morgan fingerprint density at radius 1 is 1.28 bits per heavy atom. The molecule has 1 saturated carbocycles. The summed E-state index contributed by atoms with van der Waals surface area (Å²) in [7, 11) is 0. The molecule has 1 fully saturated rings. The van der Waals surface area contributed by atoms with Crippen molar-refractivity contribution in [1.29, 1.82) is 0 Å². The van der Waals surface area contributed by atoms with E-state index in [1.165, 1.54) is 25.7 Å². The molecule has 2 heterocycles. The zero-order valence-corrected chi connectivity index (χ0v) is 15.2. The standard InChI is InChI=1S/C20H28N4O/c1-3-15(4-2)20(25)22-14-16-13-19(18-11-7-8-12-21-18)24(23-16)17-9-5-6-10-17/h7-8,11-13,15,17H,3-6,9-10,14H2,1-2H3,(H,22,25). The number of carbonyl (C=O) groups is 1. The van der Waals surface area contributed by atoms with Gasteiger partial charge in [-0.2, -0.15) is 5.10 Å². The summed E-state index contributed by atoms with van der Waals surface area (Å²) in [6.45, 7) is 4.60. The number of aromatic nitrogens is 3. The van der Waals surface area contributed by atoms with Crippen molar-refractivity contribution in [2.75, 3.05) is 0 Å². The van der Waals surface area contributed by atoms with Gasteiger partial charge in [-0.3, -0.25) is 14.5 Å². The molecule has 0 saturated heterocycles. The molecule has 2 aromatic heterocycles. The molecular weight excluding hydrogens is 312 g/mol. The maximum absolute atomic E-state index is 12.2. The summed E-state index contributed by atoms with van der Waals surface area (Å²) in [6, 6.07) is 8.47. The SMILES string of the molecule is CCC(CC)C(=O)NCc1cc(-c2ccccn2)n(C2CCCC2)n1. The summed E-state index contributed by atoms with van der Waals surface area (Å²) in [6.07, 6.45) is 8.41. The first-order valence-corrected chi connectivity index (χ1v) is 9.50. The molecule has 25 heavy (non-hydrogen) atoms. The van der Waals surface area contributed by atoms with E-state index in [4.69, 9.17) is 5.10 Å². The molecule has 134 valence electrons. The first kappa shape index (κ1) is 17.6. The molecule has 1 N–H and O–H groups in total. The fraction of sp³-hybridized carbons (Fsp3) is 0.550. The van der Waals surface area contributed by atoms with Crippen LogP contribution in [0.1, 0.15) is 64.1 Å². The van der Waals surface area contributed by atoms with Crippen LogP contribution in [0, 0.1) is 5.92 Å². The van der Waals surface area contributed by atoms with E-state index in [0.29, 0.717) is 12.6 Å². The number of pyridine rings is 1. The number of nitrogens with one attached hydrogen (secondary N) is 1. The minimum absolute atomic E-state index is 0.0900. The van der Waals surface area contributed by atoms with E-state index in [2.05, 4.69) is 34.9 Å². The van der Waals surface area contributed by atoms with Crippen molar-refractivity contribution in [3.05, 3.63) is 36.2 Å². The Kier molecular flexibility index (Phi) is 5.84. The highest BCUT2D eigenvalue weighted by Gasteiger charge is 2.23. The van der Waals surface area contributed by atoms with Crippen molar-refractivity contribution in [3.63, 3.8) is 0 Å². The largest absolute Gasteiger partial charge is 0.350 e. The Morgan fingerprint density at radius 2 is 2.04 bits per heavy atom. The van der Waals surface area contributed by atoms with E-state index >= 15 is 0 Å². The molecule has 0 spiro atoms. The van der Waals surface area contributed by atoms with Gasteiger partial charge in [-0.05, 0) is 43.9 Å². The van der Waals surface area contributed by atoms with E-state index < -0.39 is 0 Å². The van der Waals surface area contributed by atoms with E-state index in [-0.39, 0.29) is 11.8 Å². The summed E-state index contributed by atoms with van der Waals surface area (Å²) in [5.74, 6) is 0.215. The third-order valence-corrected chi connectivity index (χ3v) is 5.18. The Hall–Kier alpha value is -2.17. The molecule has 3 rings (SSSR count). The molecule has 0 aromatic carbocycles. The molecule has 5 heteroatoms. The Bertz CT molecular complexity index is 685. The molecule has 0 unspecified atom stereocenters. The van der Waals surface area contributed by atoms with Crippen molar-refractivity contribution >= 4 is 5.91 Å². The molecule has 1 aliphatic carbocycles. The molecule has 2 aromatic rings. The van der Waals surface area contributed by atoms with Crippen molar-refractivity contribution in [1.82, 2.24) is 20.1 Å². The fourth-order valence-electron chi connectivity index (χ4n) is 3.65. The molecule has 0 bridgehead atoms. The van der Waals surface area contributed by atoms with Crippen LogP contribution in [-0.2, 0) is 11.3 Å². The van der Waals surface area contributed by atoms with Gasteiger partial charge < -0.3 is 5.32 Å². The molecule has 1 amide bonds. The maximum Gasteiger partial charge on any atom is 0.223 e. The monoisotopic (exact) mass is 340 g/mol. The molecule has 5 nitrogen and oxygen atoms in total. The number of rotatable bonds is 7. The summed E-state index contributed by atoms with van der Waals surface area (Å²) in [4.78, 5) is 16.7. The maximum atomic E-state index is 12.2. The normalized spacial score (nSPS) is 15.0.